The number of pyridine rings is 1. The van der Waals surface area contributed by atoms with Gasteiger partial charge in [-0.15, -0.1) is 0 Å². The van der Waals surface area contributed by atoms with Crippen molar-refractivity contribution in [3.63, 3.8) is 0 Å². The van der Waals surface area contributed by atoms with Crippen LogP contribution in [0, 0.1) is 11.3 Å². The van der Waals surface area contributed by atoms with E-state index in [9.17, 15) is 10.1 Å². The van der Waals surface area contributed by atoms with Crippen LogP contribution >= 0.6 is 0 Å². The van der Waals surface area contributed by atoms with Crippen molar-refractivity contribution in [2.45, 2.75) is 18.9 Å². The number of aryl methyl sites for hydroxylation is 1. The van der Waals surface area contributed by atoms with Gasteiger partial charge in [0.1, 0.15) is 23.5 Å². The second-order valence-corrected chi connectivity index (χ2v) is 7.52. The van der Waals surface area contributed by atoms with Gasteiger partial charge in [-0.2, -0.15) is 5.26 Å². The van der Waals surface area contributed by atoms with Gasteiger partial charge in [0.2, 0.25) is 0 Å². The monoisotopic (exact) mass is 391 g/mol. The second-order valence-electron chi connectivity index (χ2n) is 7.52. The Morgan fingerprint density at radius 2 is 2.07 bits per heavy atom. The molecule has 0 bridgehead atoms. The van der Waals surface area contributed by atoms with Gasteiger partial charge >= 0.3 is 6.09 Å². The van der Waals surface area contributed by atoms with Crippen LogP contribution in [0.3, 0.4) is 0 Å². The van der Waals surface area contributed by atoms with Crippen LogP contribution in [-0.2, 0) is 11.8 Å². The lowest BCUT2D eigenvalue weighted by Crippen LogP contribution is -2.49. The molecule has 5 rings (SSSR count). The SMILES string of the molecule is Cn1cnc(-c2[nH]c3nccc(N4CCN(C(=O)OC5CC5)CC4)c3c2C#N)c1. The number of ether oxygens (including phenoxy) is 1. The molecule has 29 heavy (non-hydrogen) atoms. The number of nitriles is 1. The summed E-state index contributed by atoms with van der Waals surface area (Å²) in [6.07, 6.45) is 7.16. The molecule has 0 unspecified atom stereocenters. The quantitative estimate of drug-likeness (QED) is 0.735. The minimum atomic E-state index is -0.219. The van der Waals surface area contributed by atoms with E-state index >= 15 is 0 Å². The van der Waals surface area contributed by atoms with Gasteiger partial charge < -0.3 is 24.1 Å². The Kier molecular flexibility index (Phi) is 4.12. The number of nitrogens with one attached hydrogen (secondary N) is 1. The molecule has 1 N–H and O–H groups in total. The van der Waals surface area contributed by atoms with Crippen LogP contribution in [0.1, 0.15) is 18.4 Å². The molecule has 0 atom stereocenters. The minimum absolute atomic E-state index is 0.114. The number of fused-ring (bicyclic) bond motifs is 1. The Bertz CT molecular complexity index is 1110. The molecule has 1 saturated carbocycles. The highest BCUT2D eigenvalue weighted by molar-refractivity contribution is 5.99. The second kappa shape index (κ2) is 6.81. The molecular weight excluding hydrogens is 370 g/mol. The fraction of sp³-hybridized carbons (Fsp3) is 0.400. The van der Waals surface area contributed by atoms with E-state index in [2.05, 4.69) is 25.9 Å². The molecule has 0 radical (unpaired) electrons. The van der Waals surface area contributed by atoms with E-state index in [0.29, 0.717) is 48.8 Å². The largest absolute Gasteiger partial charge is 0.446 e. The van der Waals surface area contributed by atoms with Crippen molar-refractivity contribution in [2.24, 2.45) is 7.05 Å². The number of carbonyl (C=O) groups is 1. The van der Waals surface area contributed by atoms with Gasteiger partial charge in [-0.25, -0.2) is 14.8 Å². The van der Waals surface area contributed by atoms with Crippen molar-refractivity contribution < 1.29 is 9.53 Å². The molecule has 1 aliphatic carbocycles. The molecule has 3 aromatic heterocycles. The normalized spacial score (nSPS) is 16.8. The van der Waals surface area contributed by atoms with Crippen LogP contribution in [-0.4, -0.2) is 62.8 Å². The Morgan fingerprint density at radius 3 is 2.72 bits per heavy atom. The fourth-order valence-electron chi connectivity index (χ4n) is 3.74. The van der Waals surface area contributed by atoms with E-state index in [-0.39, 0.29) is 12.2 Å². The van der Waals surface area contributed by atoms with E-state index in [0.717, 1.165) is 23.9 Å². The van der Waals surface area contributed by atoms with E-state index in [1.54, 1.807) is 17.4 Å². The summed E-state index contributed by atoms with van der Waals surface area (Å²) in [6.45, 7) is 2.53. The van der Waals surface area contributed by atoms with Gasteiger partial charge in [-0.1, -0.05) is 0 Å². The molecule has 3 aromatic rings. The van der Waals surface area contributed by atoms with E-state index < -0.39 is 0 Å². The van der Waals surface area contributed by atoms with Crippen molar-refractivity contribution in [1.29, 1.82) is 5.26 Å². The summed E-state index contributed by atoms with van der Waals surface area (Å²) in [5, 5.41) is 10.7. The lowest BCUT2D eigenvalue weighted by atomic mass is 10.1. The van der Waals surface area contributed by atoms with E-state index in [1.165, 1.54) is 0 Å². The van der Waals surface area contributed by atoms with Crippen LogP contribution in [0.4, 0.5) is 10.5 Å². The van der Waals surface area contributed by atoms with E-state index in [4.69, 9.17) is 4.74 Å². The average Bonchev–Trinajstić information content (AvgIpc) is 3.31. The van der Waals surface area contributed by atoms with Crippen molar-refractivity contribution >= 4 is 22.8 Å². The maximum absolute atomic E-state index is 12.2. The molecule has 148 valence electrons. The average molecular weight is 391 g/mol. The molecule has 2 aliphatic rings. The number of anilines is 1. The van der Waals surface area contributed by atoms with Crippen LogP contribution in [0.5, 0.6) is 0 Å². The van der Waals surface area contributed by atoms with Crippen molar-refractivity contribution in [1.82, 2.24) is 24.4 Å². The summed E-state index contributed by atoms with van der Waals surface area (Å²) in [5.41, 5.74) is 3.53. The summed E-state index contributed by atoms with van der Waals surface area (Å²) in [4.78, 5) is 28.2. The molecule has 0 spiro atoms. The summed E-state index contributed by atoms with van der Waals surface area (Å²) < 4.78 is 7.25. The lowest BCUT2D eigenvalue weighted by Gasteiger charge is -2.35. The standard InChI is InChI=1S/C20H21N7O2/c1-25-11-15(23-12-25)18-14(10-21)17-16(4-5-22-19(17)24-18)26-6-8-27(9-7-26)20(28)29-13-2-3-13/h4-5,11-13H,2-3,6-9H2,1H3,(H,22,24). The zero-order chi connectivity index (χ0) is 20.0. The number of aromatic amines is 1. The third-order valence-electron chi connectivity index (χ3n) is 5.42. The molecule has 9 heteroatoms. The first-order valence-electron chi connectivity index (χ1n) is 9.73. The summed E-state index contributed by atoms with van der Waals surface area (Å²) in [6, 6.07) is 4.26. The summed E-state index contributed by atoms with van der Waals surface area (Å²) >= 11 is 0. The zero-order valence-electron chi connectivity index (χ0n) is 16.1. The molecule has 1 amide bonds. The molecule has 4 heterocycles. The highest BCUT2D eigenvalue weighted by atomic mass is 16.6. The van der Waals surface area contributed by atoms with Crippen LogP contribution in [0.25, 0.3) is 22.4 Å². The van der Waals surface area contributed by atoms with Crippen LogP contribution in [0.15, 0.2) is 24.8 Å². The summed E-state index contributed by atoms with van der Waals surface area (Å²) in [5.74, 6) is 0. The fourth-order valence-corrected chi connectivity index (χ4v) is 3.74. The molecule has 0 aromatic carbocycles. The number of hydrogen-bond donors (Lipinski definition) is 1. The third kappa shape index (κ3) is 3.16. The van der Waals surface area contributed by atoms with Crippen LogP contribution < -0.4 is 4.90 Å². The number of hydrogen-bond acceptors (Lipinski definition) is 6. The van der Waals surface area contributed by atoms with E-state index in [1.807, 2.05) is 23.9 Å². The number of rotatable bonds is 3. The minimum Gasteiger partial charge on any atom is -0.446 e. The first kappa shape index (κ1) is 17.6. The number of aromatic nitrogens is 4. The number of piperazine rings is 1. The number of carbonyl (C=O) groups excluding carboxylic acids is 1. The molecule has 1 aliphatic heterocycles. The van der Waals surface area contributed by atoms with Gasteiger partial charge in [0, 0.05) is 45.6 Å². The maximum atomic E-state index is 12.2. The van der Waals surface area contributed by atoms with Crippen molar-refractivity contribution in [3.05, 3.63) is 30.4 Å². The molecule has 1 saturated heterocycles. The molecular formula is C20H21N7O2. The number of amides is 1. The Labute approximate surface area is 167 Å². The number of imidazole rings is 1. The smallest absolute Gasteiger partial charge is 0.410 e. The van der Waals surface area contributed by atoms with Crippen molar-refractivity contribution in [3.8, 4) is 17.5 Å². The number of nitrogens with zero attached hydrogens (tertiary/aromatic N) is 6. The molecule has 9 nitrogen and oxygen atoms in total. The number of H-pyrrole nitrogens is 1. The van der Waals surface area contributed by atoms with Gasteiger partial charge in [0.15, 0.2) is 0 Å². The van der Waals surface area contributed by atoms with Crippen LogP contribution in [0.2, 0.25) is 0 Å². The Morgan fingerprint density at radius 1 is 1.28 bits per heavy atom. The zero-order valence-corrected chi connectivity index (χ0v) is 16.1. The first-order chi connectivity index (χ1) is 14.1. The molecule has 2 fully saturated rings. The maximum Gasteiger partial charge on any atom is 0.410 e. The predicted octanol–water partition coefficient (Wildman–Crippen LogP) is 2.26. The van der Waals surface area contributed by atoms with Gasteiger partial charge in [0.25, 0.3) is 0 Å². The third-order valence-corrected chi connectivity index (χ3v) is 5.42. The topological polar surface area (TPSA) is 103 Å². The highest BCUT2D eigenvalue weighted by Gasteiger charge is 2.31. The van der Waals surface area contributed by atoms with Gasteiger partial charge in [-0.05, 0) is 18.9 Å². The first-order valence-corrected chi connectivity index (χ1v) is 9.73. The predicted molar refractivity (Wildman–Crippen MR) is 106 cm³/mol. The van der Waals surface area contributed by atoms with Gasteiger partial charge in [-0.3, -0.25) is 0 Å². The van der Waals surface area contributed by atoms with Gasteiger partial charge in [0.05, 0.1) is 28.7 Å². The highest BCUT2D eigenvalue weighted by Crippen LogP contribution is 2.35. The summed E-state index contributed by atoms with van der Waals surface area (Å²) in [7, 11) is 1.89. The Balaban J connectivity index is 1.44. The Hall–Kier alpha value is -3.54. The lowest BCUT2D eigenvalue weighted by molar-refractivity contribution is 0.0939. The van der Waals surface area contributed by atoms with Crippen molar-refractivity contribution in [2.75, 3.05) is 31.1 Å².